The third-order valence-electron chi connectivity index (χ3n) is 1.81. The first kappa shape index (κ1) is 17.6. The van der Waals surface area contributed by atoms with Gasteiger partial charge in [0.25, 0.3) is 6.08 Å². The van der Waals surface area contributed by atoms with Crippen molar-refractivity contribution in [2.24, 2.45) is 0 Å². The van der Waals surface area contributed by atoms with E-state index in [1.54, 1.807) is 0 Å². The molecule has 0 amide bonds. The van der Waals surface area contributed by atoms with Crippen LogP contribution in [0.3, 0.4) is 0 Å². The summed E-state index contributed by atoms with van der Waals surface area (Å²) in [5.74, 6) is -3.03. The SMILES string of the molecule is CCCC(F)C(F)(F)OC(=O)C(=C(F)F)C(F)(F)F. The van der Waals surface area contributed by atoms with Gasteiger partial charge in [0.2, 0.25) is 11.7 Å². The molecule has 2 nitrogen and oxygen atoms in total. The highest BCUT2D eigenvalue weighted by Gasteiger charge is 2.50. The van der Waals surface area contributed by atoms with Crippen molar-refractivity contribution in [1.82, 2.24) is 0 Å². The van der Waals surface area contributed by atoms with E-state index in [4.69, 9.17) is 0 Å². The highest BCUT2D eigenvalue weighted by Crippen LogP contribution is 2.34. The zero-order valence-electron chi connectivity index (χ0n) is 9.33. The minimum absolute atomic E-state index is 0.117. The number of esters is 1. The van der Waals surface area contributed by atoms with Gasteiger partial charge in [0.15, 0.2) is 0 Å². The van der Waals surface area contributed by atoms with E-state index >= 15 is 0 Å². The van der Waals surface area contributed by atoms with Crippen molar-refractivity contribution in [3.63, 3.8) is 0 Å². The molecule has 0 aliphatic heterocycles. The lowest BCUT2D eigenvalue weighted by Crippen LogP contribution is -2.38. The Labute approximate surface area is 102 Å². The molecule has 0 aromatic rings. The molecule has 0 N–H and O–H groups in total. The van der Waals surface area contributed by atoms with Crippen molar-refractivity contribution < 1.29 is 44.7 Å². The summed E-state index contributed by atoms with van der Waals surface area (Å²) in [7, 11) is 0. The number of hydrogen-bond donors (Lipinski definition) is 0. The number of ether oxygens (including phenoxy) is 1. The van der Waals surface area contributed by atoms with Crippen LogP contribution < -0.4 is 0 Å². The van der Waals surface area contributed by atoms with Gasteiger partial charge < -0.3 is 4.74 Å². The molecule has 0 aromatic carbocycles. The van der Waals surface area contributed by atoms with Crippen LogP contribution in [-0.4, -0.2) is 24.4 Å². The molecule has 0 saturated heterocycles. The first-order valence-corrected chi connectivity index (χ1v) is 4.81. The molecule has 0 rings (SSSR count). The highest BCUT2D eigenvalue weighted by molar-refractivity contribution is 5.90. The summed E-state index contributed by atoms with van der Waals surface area (Å²) in [5.41, 5.74) is -3.18. The lowest BCUT2D eigenvalue weighted by molar-refractivity contribution is -0.261. The van der Waals surface area contributed by atoms with E-state index < -0.39 is 42.5 Å². The molecular weight excluding hydrogens is 292 g/mol. The van der Waals surface area contributed by atoms with Crippen molar-refractivity contribution >= 4 is 5.97 Å². The second-order valence-corrected chi connectivity index (χ2v) is 3.34. The van der Waals surface area contributed by atoms with Gasteiger partial charge in [-0.15, -0.1) is 0 Å². The Morgan fingerprint density at radius 3 is 1.95 bits per heavy atom. The summed E-state index contributed by atoms with van der Waals surface area (Å²) in [4.78, 5) is 10.6. The number of alkyl halides is 6. The molecule has 0 aliphatic rings. The molecule has 0 heterocycles. The molecule has 0 aromatic heterocycles. The Morgan fingerprint density at radius 1 is 1.16 bits per heavy atom. The standard InChI is InChI=1S/C9H8F8O2/c1-2-3-4(10)9(16,17)19-7(18)5(6(11)12)8(13,14)15/h4H,2-3H2,1H3. The second-order valence-electron chi connectivity index (χ2n) is 3.34. The second kappa shape index (κ2) is 6.20. The fourth-order valence-electron chi connectivity index (χ4n) is 0.960. The van der Waals surface area contributed by atoms with Crippen LogP contribution in [0.25, 0.3) is 0 Å². The van der Waals surface area contributed by atoms with Crippen LogP contribution in [0.4, 0.5) is 35.1 Å². The largest absolute Gasteiger partial charge is 0.432 e. The molecule has 0 aliphatic carbocycles. The summed E-state index contributed by atoms with van der Waals surface area (Å²) in [5, 5.41) is 0. The average Bonchev–Trinajstić information content (AvgIpc) is 2.13. The summed E-state index contributed by atoms with van der Waals surface area (Å²) < 4.78 is 101. The third-order valence-corrected chi connectivity index (χ3v) is 1.81. The van der Waals surface area contributed by atoms with E-state index in [1.165, 1.54) is 6.92 Å². The summed E-state index contributed by atoms with van der Waals surface area (Å²) >= 11 is 0. The quantitative estimate of drug-likeness (QED) is 0.436. The van der Waals surface area contributed by atoms with Crippen molar-refractivity contribution in [3.8, 4) is 0 Å². The van der Waals surface area contributed by atoms with Gasteiger partial charge in [0.1, 0.15) is 0 Å². The Kier molecular flexibility index (Phi) is 5.76. The molecule has 1 atom stereocenters. The molecule has 0 saturated carbocycles. The van der Waals surface area contributed by atoms with Gasteiger partial charge in [-0.3, -0.25) is 0 Å². The number of hydrogen-bond acceptors (Lipinski definition) is 2. The van der Waals surface area contributed by atoms with Crippen LogP contribution in [0.5, 0.6) is 0 Å². The number of rotatable bonds is 5. The molecular formula is C9H8F8O2. The van der Waals surface area contributed by atoms with Crippen LogP contribution in [0.1, 0.15) is 19.8 Å². The molecule has 112 valence electrons. The van der Waals surface area contributed by atoms with Gasteiger partial charge >= 0.3 is 18.3 Å². The van der Waals surface area contributed by atoms with Crippen molar-refractivity contribution in [2.45, 2.75) is 38.2 Å². The van der Waals surface area contributed by atoms with Crippen molar-refractivity contribution in [3.05, 3.63) is 11.7 Å². The lowest BCUT2D eigenvalue weighted by Gasteiger charge is -2.20. The zero-order valence-corrected chi connectivity index (χ0v) is 9.33. The summed E-state index contributed by atoms with van der Waals surface area (Å²) in [6, 6.07) is 0. The van der Waals surface area contributed by atoms with E-state index in [9.17, 15) is 39.9 Å². The van der Waals surface area contributed by atoms with E-state index in [1.807, 2.05) is 0 Å². The fraction of sp³-hybridized carbons (Fsp3) is 0.667. The maximum atomic E-state index is 12.8. The van der Waals surface area contributed by atoms with Crippen molar-refractivity contribution in [1.29, 1.82) is 0 Å². The molecule has 1 unspecified atom stereocenters. The van der Waals surface area contributed by atoms with Gasteiger partial charge in [0.05, 0.1) is 0 Å². The molecule has 10 heteroatoms. The van der Waals surface area contributed by atoms with E-state index in [0.717, 1.165) is 0 Å². The van der Waals surface area contributed by atoms with Crippen LogP contribution in [0.15, 0.2) is 11.7 Å². The van der Waals surface area contributed by atoms with Crippen molar-refractivity contribution in [2.75, 3.05) is 0 Å². The Balaban J connectivity index is 5.10. The number of halogens is 8. The Hall–Kier alpha value is -1.35. The normalized spacial score (nSPS) is 13.9. The van der Waals surface area contributed by atoms with E-state index in [2.05, 4.69) is 4.74 Å². The topological polar surface area (TPSA) is 26.3 Å². The van der Waals surface area contributed by atoms with Gasteiger partial charge in [-0.25, -0.2) is 9.18 Å². The number of carbonyl (C=O) groups excluding carboxylic acids is 1. The zero-order chi connectivity index (χ0) is 15.4. The fourth-order valence-corrected chi connectivity index (χ4v) is 0.960. The Bertz CT molecular complexity index is 356. The summed E-state index contributed by atoms with van der Waals surface area (Å²) in [6.45, 7) is 1.28. The van der Waals surface area contributed by atoms with Crippen LogP contribution in [0, 0.1) is 0 Å². The molecule has 0 fully saturated rings. The lowest BCUT2D eigenvalue weighted by atomic mass is 10.2. The number of carbonyl (C=O) groups is 1. The van der Waals surface area contributed by atoms with Gasteiger partial charge in [-0.2, -0.15) is 30.7 Å². The third kappa shape index (κ3) is 5.03. The van der Waals surface area contributed by atoms with Crippen LogP contribution >= 0.6 is 0 Å². The first-order valence-electron chi connectivity index (χ1n) is 4.81. The highest BCUT2D eigenvalue weighted by atomic mass is 19.4. The van der Waals surface area contributed by atoms with Gasteiger partial charge in [0, 0.05) is 0 Å². The molecule has 0 spiro atoms. The predicted molar refractivity (Wildman–Crippen MR) is 46.1 cm³/mol. The predicted octanol–water partition coefficient (Wildman–Crippen LogP) is 3.97. The minimum Gasteiger partial charge on any atom is -0.395 e. The van der Waals surface area contributed by atoms with Gasteiger partial charge in [-0.05, 0) is 6.42 Å². The smallest absolute Gasteiger partial charge is 0.395 e. The van der Waals surface area contributed by atoms with Crippen LogP contribution in [-0.2, 0) is 9.53 Å². The van der Waals surface area contributed by atoms with E-state index in [0.29, 0.717) is 0 Å². The Morgan fingerprint density at radius 2 is 1.63 bits per heavy atom. The summed E-state index contributed by atoms with van der Waals surface area (Å²) in [6.07, 6.45) is -18.4. The maximum Gasteiger partial charge on any atom is 0.432 e. The van der Waals surface area contributed by atoms with E-state index in [-0.39, 0.29) is 6.42 Å². The van der Waals surface area contributed by atoms with Gasteiger partial charge in [-0.1, -0.05) is 13.3 Å². The molecule has 0 bridgehead atoms. The monoisotopic (exact) mass is 300 g/mol. The molecule has 0 radical (unpaired) electrons. The van der Waals surface area contributed by atoms with Crippen LogP contribution in [0.2, 0.25) is 0 Å². The maximum absolute atomic E-state index is 12.8. The average molecular weight is 300 g/mol. The molecule has 19 heavy (non-hydrogen) atoms. The first-order chi connectivity index (χ1) is 8.43. The minimum atomic E-state index is -5.89.